The van der Waals surface area contributed by atoms with E-state index in [9.17, 15) is 40.5 Å². The lowest BCUT2D eigenvalue weighted by molar-refractivity contribution is -0.197. The Hall–Kier alpha value is -0.870. The molecule has 11 atom stereocenters. The first-order valence-corrected chi connectivity index (χ1v) is 13.0. The number of allylic oxidation sites excluding steroid dienone is 1. The first-order chi connectivity index (χ1) is 15.9. The standard InChI is InChI=1S/C27H44O8/c1-23(2,33)8-7-21(32)26(5,34)20-6-9-27(35)15-11-16(28)14-10-17(29)18(30)12-24(14,3)22(15)19(31)13-25(20,27)4/h11,14,17-22,29-35H,6-10,12-13H2,1-5H3/t14-,17+,18-,19?,20-,21?,22+,24-,25+,26+,27+/m0/s1. The summed E-state index contributed by atoms with van der Waals surface area (Å²) in [6.07, 6.45) is -1.08. The van der Waals surface area contributed by atoms with Crippen LogP contribution in [0, 0.1) is 28.6 Å². The number of ketones is 1. The summed E-state index contributed by atoms with van der Waals surface area (Å²) in [6, 6.07) is 0. The number of aliphatic hydroxyl groups excluding tert-OH is 4. The van der Waals surface area contributed by atoms with Crippen LogP contribution in [0.15, 0.2) is 11.6 Å². The number of hydrogen-bond acceptors (Lipinski definition) is 8. The van der Waals surface area contributed by atoms with Crippen LogP contribution in [0.3, 0.4) is 0 Å². The molecule has 0 saturated heterocycles. The Labute approximate surface area is 207 Å². The van der Waals surface area contributed by atoms with Gasteiger partial charge in [0, 0.05) is 17.3 Å². The minimum Gasteiger partial charge on any atom is -0.392 e. The van der Waals surface area contributed by atoms with Crippen LogP contribution in [0.2, 0.25) is 0 Å². The fourth-order valence-electron chi connectivity index (χ4n) is 8.44. The zero-order valence-corrected chi connectivity index (χ0v) is 21.6. The molecule has 3 fully saturated rings. The molecule has 7 N–H and O–H groups in total. The molecule has 2 unspecified atom stereocenters. The normalized spacial score (nSPS) is 48.3. The highest BCUT2D eigenvalue weighted by Gasteiger charge is 2.71. The molecule has 4 aliphatic carbocycles. The van der Waals surface area contributed by atoms with Gasteiger partial charge in [0.25, 0.3) is 0 Å². The molecule has 0 aromatic rings. The molecule has 4 rings (SSSR count). The van der Waals surface area contributed by atoms with E-state index in [1.165, 1.54) is 6.08 Å². The summed E-state index contributed by atoms with van der Waals surface area (Å²) in [5.41, 5.74) is -5.42. The summed E-state index contributed by atoms with van der Waals surface area (Å²) in [6.45, 7) is 8.52. The fourth-order valence-corrected chi connectivity index (χ4v) is 8.44. The Balaban J connectivity index is 1.71. The van der Waals surface area contributed by atoms with E-state index in [1.807, 2.05) is 13.8 Å². The van der Waals surface area contributed by atoms with Gasteiger partial charge in [0.1, 0.15) is 0 Å². The van der Waals surface area contributed by atoms with Crippen molar-refractivity contribution in [3.05, 3.63) is 11.6 Å². The lowest BCUT2D eigenvalue weighted by Crippen LogP contribution is -2.66. The number of hydrogen-bond donors (Lipinski definition) is 7. The monoisotopic (exact) mass is 496 g/mol. The first-order valence-electron chi connectivity index (χ1n) is 13.0. The maximum atomic E-state index is 13.3. The van der Waals surface area contributed by atoms with Crippen LogP contribution in [0.4, 0.5) is 0 Å². The Bertz CT molecular complexity index is 892. The summed E-state index contributed by atoms with van der Waals surface area (Å²) in [7, 11) is 0. The quantitative estimate of drug-likeness (QED) is 0.295. The van der Waals surface area contributed by atoms with Crippen molar-refractivity contribution < 1.29 is 40.5 Å². The lowest BCUT2D eigenvalue weighted by atomic mass is 9.45. The zero-order chi connectivity index (χ0) is 26.4. The van der Waals surface area contributed by atoms with Crippen molar-refractivity contribution in [1.82, 2.24) is 0 Å². The second-order valence-electron chi connectivity index (χ2n) is 13.3. The minimum absolute atomic E-state index is 0.115. The summed E-state index contributed by atoms with van der Waals surface area (Å²) in [5, 5.41) is 77.0. The zero-order valence-electron chi connectivity index (χ0n) is 21.6. The second kappa shape index (κ2) is 8.32. The van der Waals surface area contributed by atoms with Crippen molar-refractivity contribution in [3.63, 3.8) is 0 Å². The average molecular weight is 497 g/mol. The highest BCUT2D eigenvalue weighted by Crippen LogP contribution is 2.68. The molecule has 0 bridgehead atoms. The van der Waals surface area contributed by atoms with Gasteiger partial charge >= 0.3 is 0 Å². The van der Waals surface area contributed by atoms with Crippen molar-refractivity contribution in [2.45, 2.75) is 121 Å². The van der Waals surface area contributed by atoms with Crippen LogP contribution in [0.1, 0.15) is 79.6 Å². The van der Waals surface area contributed by atoms with Gasteiger partial charge in [-0.05, 0) is 88.7 Å². The third-order valence-electron chi connectivity index (χ3n) is 10.5. The van der Waals surface area contributed by atoms with Crippen LogP contribution in [0.25, 0.3) is 0 Å². The molecular formula is C27H44O8. The summed E-state index contributed by atoms with van der Waals surface area (Å²) >= 11 is 0. The molecule has 0 aromatic heterocycles. The van der Waals surface area contributed by atoms with Crippen molar-refractivity contribution in [1.29, 1.82) is 0 Å². The lowest BCUT2D eigenvalue weighted by Gasteiger charge is -2.62. The molecule has 0 spiro atoms. The number of rotatable bonds is 5. The molecule has 4 aliphatic rings. The van der Waals surface area contributed by atoms with Gasteiger partial charge in [-0.1, -0.05) is 13.8 Å². The Kier molecular flexibility index (Phi) is 6.46. The van der Waals surface area contributed by atoms with Gasteiger partial charge in [-0.25, -0.2) is 0 Å². The third kappa shape index (κ3) is 3.95. The van der Waals surface area contributed by atoms with E-state index in [2.05, 4.69) is 0 Å². The van der Waals surface area contributed by atoms with Gasteiger partial charge in [-0.2, -0.15) is 0 Å². The largest absolute Gasteiger partial charge is 0.392 e. The van der Waals surface area contributed by atoms with E-state index < -0.39 is 69.8 Å². The number of carbonyl (C=O) groups is 1. The predicted molar refractivity (Wildman–Crippen MR) is 128 cm³/mol. The van der Waals surface area contributed by atoms with Gasteiger partial charge in [-0.15, -0.1) is 0 Å². The van der Waals surface area contributed by atoms with Gasteiger partial charge < -0.3 is 35.7 Å². The highest BCUT2D eigenvalue weighted by molar-refractivity contribution is 5.95. The topological polar surface area (TPSA) is 159 Å². The van der Waals surface area contributed by atoms with Crippen LogP contribution in [0.5, 0.6) is 0 Å². The number of carbonyl (C=O) groups excluding carboxylic acids is 1. The molecule has 0 amide bonds. The van der Waals surface area contributed by atoms with Gasteiger partial charge in [0.15, 0.2) is 5.78 Å². The molecule has 0 aromatic carbocycles. The van der Waals surface area contributed by atoms with E-state index in [-0.39, 0.29) is 44.3 Å². The SMILES string of the molecule is CC(C)(O)CCC(O)[C@](C)(O)[C@H]1CC[C@@]2(O)C3=CC(=O)[C@@H]4C[C@@H](O)[C@@H](O)C[C@]4(C)[C@H]3C(O)C[C@]12C. The van der Waals surface area contributed by atoms with E-state index in [0.717, 1.165) is 0 Å². The van der Waals surface area contributed by atoms with Crippen LogP contribution in [-0.2, 0) is 4.79 Å². The van der Waals surface area contributed by atoms with Gasteiger partial charge in [0.2, 0.25) is 0 Å². The number of fused-ring (bicyclic) bond motifs is 5. The molecule has 0 radical (unpaired) electrons. The summed E-state index contributed by atoms with van der Waals surface area (Å²) in [4.78, 5) is 13.3. The van der Waals surface area contributed by atoms with Crippen molar-refractivity contribution in [2.24, 2.45) is 28.6 Å². The van der Waals surface area contributed by atoms with Crippen LogP contribution < -0.4 is 0 Å². The molecule has 8 nitrogen and oxygen atoms in total. The highest BCUT2D eigenvalue weighted by atomic mass is 16.3. The molecule has 0 aliphatic heterocycles. The molecule has 3 saturated carbocycles. The minimum atomic E-state index is -1.59. The van der Waals surface area contributed by atoms with Crippen LogP contribution in [-0.4, -0.2) is 82.7 Å². The van der Waals surface area contributed by atoms with Crippen molar-refractivity contribution in [3.8, 4) is 0 Å². The molecule has 0 heterocycles. The van der Waals surface area contributed by atoms with E-state index in [1.54, 1.807) is 20.8 Å². The van der Waals surface area contributed by atoms with Gasteiger partial charge in [0.05, 0.1) is 41.2 Å². The summed E-state index contributed by atoms with van der Waals surface area (Å²) < 4.78 is 0. The van der Waals surface area contributed by atoms with Crippen molar-refractivity contribution in [2.75, 3.05) is 0 Å². The molecule has 8 heteroatoms. The Morgan fingerprint density at radius 2 is 1.69 bits per heavy atom. The molecule has 35 heavy (non-hydrogen) atoms. The van der Waals surface area contributed by atoms with Crippen molar-refractivity contribution >= 4 is 5.78 Å². The van der Waals surface area contributed by atoms with E-state index in [0.29, 0.717) is 12.0 Å². The smallest absolute Gasteiger partial charge is 0.159 e. The maximum Gasteiger partial charge on any atom is 0.159 e. The predicted octanol–water partition coefficient (Wildman–Crippen LogP) is 0.825. The third-order valence-corrected chi connectivity index (χ3v) is 10.5. The Morgan fingerprint density at radius 1 is 1.06 bits per heavy atom. The average Bonchev–Trinajstić information content (AvgIpc) is 2.99. The van der Waals surface area contributed by atoms with Crippen LogP contribution >= 0.6 is 0 Å². The van der Waals surface area contributed by atoms with E-state index in [4.69, 9.17) is 0 Å². The summed E-state index contributed by atoms with van der Waals surface area (Å²) in [5.74, 6) is -1.89. The molecule has 200 valence electrons. The fraction of sp³-hybridized carbons (Fsp3) is 0.889. The van der Waals surface area contributed by atoms with Gasteiger partial charge in [-0.3, -0.25) is 4.79 Å². The Morgan fingerprint density at radius 3 is 2.29 bits per heavy atom. The van der Waals surface area contributed by atoms with E-state index >= 15 is 0 Å². The second-order valence-corrected chi connectivity index (χ2v) is 13.3. The molecular weight excluding hydrogens is 452 g/mol. The first kappa shape index (κ1) is 27.2. The number of aliphatic hydroxyl groups is 7. The maximum absolute atomic E-state index is 13.3.